The Bertz CT molecular complexity index is 416. The van der Waals surface area contributed by atoms with Crippen LogP contribution in [0.4, 0.5) is 0 Å². The van der Waals surface area contributed by atoms with Crippen molar-refractivity contribution in [3.05, 3.63) is 10.6 Å². The summed E-state index contributed by atoms with van der Waals surface area (Å²) in [5.74, 6) is -0.141. The molecule has 1 saturated carbocycles. The Balaban J connectivity index is 2.02. The van der Waals surface area contributed by atoms with Gasteiger partial charge in [-0.3, -0.25) is 4.79 Å². The molecule has 1 aromatic rings. The Morgan fingerprint density at radius 1 is 1.62 bits per heavy atom. The molecule has 6 heteroatoms. The SMILES string of the molecule is Cc1nnsc1C(=O)NC1CC(O)C1(C)C. The van der Waals surface area contributed by atoms with Crippen LogP contribution in [-0.2, 0) is 0 Å². The molecule has 2 rings (SSSR count). The van der Waals surface area contributed by atoms with Crippen molar-refractivity contribution < 1.29 is 9.90 Å². The van der Waals surface area contributed by atoms with E-state index in [2.05, 4.69) is 14.9 Å². The van der Waals surface area contributed by atoms with Gasteiger partial charge in [-0.1, -0.05) is 18.3 Å². The fraction of sp³-hybridized carbons (Fsp3) is 0.700. The lowest BCUT2D eigenvalue weighted by Gasteiger charge is -2.49. The van der Waals surface area contributed by atoms with Gasteiger partial charge in [0.15, 0.2) is 0 Å². The molecular formula is C10H15N3O2S. The maximum Gasteiger partial charge on any atom is 0.265 e. The lowest BCUT2D eigenvalue weighted by molar-refractivity contribution is -0.0689. The van der Waals surface area contributed by atoms with E-state index in [4.69, 9.17) is 0 Å². The molecule has 1 aliphatic carbocycles. The lowest BCUT2D eigenvalue weighted by atomic mass is 9.64. The number of nitrogens with zero attached hydrogens (tertiary/aromatic N) is 2. The van der Waals surface area contributed by atoms with Gasteiger partial charge in [-0.05, 0) is 24.9 Å². The number of carbonyl (C=O) groups excluding carboxylic acids is 1. The summed E-state index contributed by atoms with van der Waals surface area (Å²) in [6.07, 6.45) is 0.280. The van der Waals surface area contributed by atoms with Crippen LogP contribution in [0.2, 0.25) is 0 Å². The molecular weight excluding hydrogens is 226 g/mol. The number of rotatable bonds is 2. The van der Waals surface area contributed by atoms with E-state index in [0.29, 0.717) is 17.0 Å². The van der Waals surface area contributed by atoms with Crippen LogP contribution in [0.3, 0.4) is 0 Å². The highest BCUT2D eigenvalue weighted by molar-refractivity contribution is 7.08. The third-order valence-electron chi connectivity index (χ3n) is 3.38. The molecule has 0 aliphatic heterocycles. The van der Waals surface area contributed by atoms with Gasteiger partial charge in [-0.15, -0.1) is 5.10 Å². The number of carbonyl (C=O) groups is 1. The minimum absolute atomic E-state index is 0.0245. The van der Waals surface area contributed by atoms with Gasteiger partial charge in [0, 0.05) is 11.5 Å². The summed E-state index contributed by atoms with van der Waals surface area (Å²) in [5.41, 5.74) is 0.405. The Morgan fingerprint density at radius 2 is 2.31 bits per heavy atom. The maximum atomic E-state index is 11.9. The van der Waals surface area contributed by atoms with E-state index < -0.39 is 0 Å². The molecule has 0 radical (unpaired) electrons. The van der Waals surface area contributed by atoms with Gasteiger partial charge < -0.3 is 10.4 Å². The molecule has 0 saturated heterocycles. The Hall–Kier alpha value is -1.01. The van der Waals surface area contributed by atoms with E-state index in [-0.39, 0.29) is 23.5 Å². The summed E-state index contributed by atoms with van der Waals surface area (Å²) in [7, 11) is 0. The van der Waals surface area contributed by atoms with Gasteiger partial charge in [0.05, 0.1) is 11.8 Å². The minimum atomic E-state index is -0.335. The Kier molecular flexibility index (Phi) is 2.71. The fourth-order valence-corrected chi connectivity index (χ4v) is 2.37. The van der Waals surface area contributed by atoms with Crippen molar-refractivity contribution in [2.24, 2.45) is 5.41 Å². The number of aliphatic hydroxyl groups excluding tert-OH is 1. The smallest absolute Gasteiger partial charge is 0.265 e. The first-order valence-corrected chi connectivity index (χ1v) is 5.98. The van der Waals surface area contributed by atoms with Crippen molar-refractivity contribution in [2.45, 2.75) is 39.3 Å². The van der Waals surface area contributed by atoms with E-state index >= 15 is 0 Å². The fourth-order valence-electron chi connectivity index (χ4n) is 1.81. The average Bonchev–Trinajstić information content (AvgIpc) is 2.64. The largest absolute Gasteiger partial charge is 0.392 e. The first-order chi connectivity index (χ1) is 7.43. The zero-order valence-corrected chi connectivity index (χ0v) is 10.3. The molecule has 2 N–H and O–H groups in total. The Labute approximate surface area is 98.0 Å². The number of aromatic nitrogens is 2. The van der Waals surface area contributed by atoms with Crippen LogP contribution in [0, 0.1) is 12.3 Å². The molecule has 88 valence electrons. The van der Waals surface area contributed by atoms with Crippen LogP contribution >= 0.6 is 11.5 Å². The number of hydrogen-bond donors (Lipinski definition) is 2. The number of aryl methyl sites for hydroxylation is 1. The summed E-state index contributed by atoms with van der Waals surface area (Å²) in [6, 6.07) is 0.0245. The quantitative estimate of drug-likeness (QED) is 0.800. The lowest BCUT2D eigenvalue weighted by Crippen LogP contribution is -2.61. The van der Waals surface area contributed by atoms with Crippen LogP contribution < -0.4 is 5.32 Å². The summed E-state index contributed by atoms with van der Waals surface area (Å²) in [4.78, 5) is 12.4. The molecule has 0 spiro atoms. The van der Waals surface area contributed by atoms with Gasteiger partial charge in [0.2, 0.25) is 0 Å². The van der Waals surface area contributed by atoms with E-state index in [1.807, 2.05) is 13.8 Å². The monoisotopic (exact) mass is 241 g/mol. The molecule has 1 aliphatic rings. The van der Waals surface area contributed by atoms with Crippen LogP contribution in [0.1, 0.15) is 35.6 Å². The number of nitrogens with one attached hydrogen (secondary N) is 1. The van der Waals surface area contributed by atoms with Crippen molar-refractivity contribution in [3.8, 4) is 0 Å². The van der Waals surface area contributed by atoms with Crippen molar-refractivity contribution in [1.29, 1.82) is 0 Å². The summed E-state index contributed by atoms with van der Waals surface area (Å²) in [5, 5.41) is 16.3. The van der Waals surface area contributed by atoms with Crippen molar-refractivity contribution in [2.75, 3.05) is 0 Å². The standard InChI is InChI=1S/C10H15N3O2S/c1-5-8(16-13-12-5)9(15)11-6-4-7(14)10(6,2)3/h6-7,14H,4H2,1-3H3,(H,11,15). The second kappa shape index (κ2) is 3.78. The predicted octanol–water partition coefficient (Wildman–Crippen LogP) is 0.736. The predicted molar refractivity (Wildman–Crippen MR) is 60.3 cm³/mol. The van der Waals surface area contributed by atoms with Gasteiger partial charge >= 0.3 is 0 Å². The number of hydrogen-bond acceptors (Lipinski definition) is 5. The first kappa shape index (κ1) is 11.5. The van der Waals surface area contributed by atoms with Crippen LogP contribution in [0.15, 0.2) is 0 Å². The first-order valence-electron chi connectivity index (χ1n) is 5.21. The highest BCUT2D eigenvalue weighted by atomic mass is 32.1. The molecule has 1 heterocycles. The molecule has 5 nitrogen and oxygen atoms in total. The number of amides is 1. The van der Waals surface area contributed by atoms with E-state index in [9.17, 15) is 9.90 Å². The van der Waals surface area contributed by atoms with Crippen molar-refractivity contribution in [1.82, 2.24) is 14.9 Å². The molecule has 2 atom stereocenters. The molecule has 1 aromatic heterocycles. The normalized spacial score (nSPS) is 27.2. The van der Waals surface area contributed by atoms with Crippen LogP contribution in [0.25, 0.3) is 0 Å². The Morgan fingerprint density at radius 3 is 2.75 bits per heavy atom. The van der Waals surface area contributed by atoms with E-state index in [0.717, 1.165) is 11.5 Å². The second-order valence-corrected chi connectivity index (χ2v) is 5.54. The molecule has 0 aromatic carbocycles. The summed E-state index contributed by atoms with van der Waals surface area (Å²) in [6.45, 7) is 5.66. The van der Waals surface area contributed by atoms with Crippen molar-refractivity contribution in [3.63, 3.8) is 0 Å². The van der Waals surface area contributed by atoms with Gasteiger partial charge in [-0.25, -0.2) is 0 Å². The highest BCUT2D eigenvalue weighted by Gasteiger charge is 2.48. The molecule has 2 unspecified atom stereocenters. The molecule has 16 heavy (non-hydrogen) atoms. The summed E-state index contributed by atoms with van der Waals surface area (Å²) >= 11 is 1.10. The van der Waals surface area contributed by atoms with Crippen molar-refractivity contribution >= 4 is 17.4 Å². The van der Waals surface area contributed by atoms with E-state index in [1.54, 1.807) is 6.92 Å². The maximum absolute atomic E-state index is 11.9. The summed E-state index contributed by atoms with van der Waals surface area (Å²) < 4.78 is 3.73. The van der Waals surface area contributed by atoms with Gasteiger partial charge in [-0.2, -0.15) is 0 Å². The minimum Gasteiger partial charge on any atom is -0.392 e. The highest BCUT2D eigenvalue weighted by Crippen LogP contribution is 2.40. The zero-order chi connectivity index (χ0) is 11.9. The zero-order valence-electron chi connectivity index (χ0n) is 9.52. The number of aliphatic hydroxyl groups is 1. The van der Waals surface area contributed by atoms with Gasteiger partial charge in [0.1, 0.15) is 4.88 Å². The van der Waals surface area contributed by atoms with Crippen LogP contribution in [0.5, 0.6) is 0 Å². The van der Waals surface area contributed by atoms with Crippen LogP contribution in [-0.4, -0.2) is 32.7 Å². The third-order valence-corrected chi connectivity index (χ3v) is 4.21. The van der Waals surface area contributed by atoms with Gasteiger partial charge in [0.25, 0.3) is 5.91 Å². The van der Waals surface area contributed by atoms with E-state index in [1.165, 1.54) is 0 Å². The molecule has 1 amide bonds. The molecule has 1 fully saturated rings. The second-order valence-electron chi connectivity index (χ2n) is 4.79. The molecule has 0 bridgehead atoms. The average molecular weight is 241 g/mol. The third kappa shape index (κ3) is 1.72. The topological polar surface area (TPSA) is 75.1 Å².